The topological polar surface area (TPSA) is 57.0 Å². The molecule has 104 valence electrons. The summed E-state index contributed by atoms with van der Waals surface area (Å²) in [5, 5.41) is 7.85. The van der Waals surface area contributed by atoms with Gasteiger partial charge >= 0.3 is 0 Å². The number of hydrogen-bond acceptors (Lipinski definition) is 4. The molecule has 0 N–H and O–H groups in total. The first-order valence-electron chi connectivity index (χ1n) is 6.45. The molecule has 2 aromatic carbocycles. The van der Waals surface area contributed by atoms with Gasteiger partial charge in [-0.05, 0) is 24.3 Å². The Morgan fingerprint density at radius 1 is 1.14 bits per heavy atom. The molecule has 0 aliphatic carbocycles. The van der Waals surface area contributed by atoms with Crippen molar-refractivity contribution in [2.24, 2.45) is 0 Å². The zero-order valence-electron chi connectivity index (χ0n) is 11.4. The van der Waals surface area contributed by atoms with E-state index in [1.165, 1.54) is 10.8 Å². The Hall–Kier alpha value is -2.95. The van der Waals surface area contributed by atoms with Crippen molar-refractivity contribution in [3.8, 4) is 5.75 Å². The summed E-state index contributed by atoms with van der Waals surface area (Å²) in [7, 11) is 1.60. The summed E-state index contributed by atoms with van der Waals surface area (Å²) < 4.78 is 6.52. The van der Waals surface area contributed by atoms with Gasteiger partial charge in [0, 0.05) is 11.6 Å². The van der Waals surface area contributed by atoms with Crippen molar-refractivity contribution in [2.45, 2.75) is 0 Å². The van der Waals surface area contributed by atoms with Gasteiger partial charge in [0.05, 0.1) is 12.6 Å². The van der Waals surface area contributed by atoms with Crippen molar-refractivity contribution in [2.75, 3.05) is 7.11 Å². The molecule has 21 heavy (non-hydrogen) atoms. The second-order valence-electron chi connectivity index (χ2n) is 4.40. The van der Waals surface area contributed by atoms with Gasteiger partial charge in [0.1, 0.15) is 11.3 Å². The molecule has 0 spiro atoms. The Labute approximate surface area is 121 Å². The Morgan fingerprint density at radius 2 is 1.90 bits per heavy atom. The van der Waals surface area contributed by atoms with Crippen LogP contribution in [-0.4, -0.2) is 28.0 Å². The number of aromatic nitrogens is 3. The lowest BCUT2D eigenvalue weighted by molar-refractivity contribution is 0.0958. The van der Waals surface area contributed by atoms with Crippen molar-refractivity contribution < 1.29 is 9.53 Å². The first kappa shape index (κ1) is 13.1. The molecule has 5 heteroatoms. The molecule has 1 heterocycles. The van der Waals surface area contributed by atoms with Crippen LogP contribution in [-0.2, 0) is 0 Å². The van der Waals surface area contributed by atoms with Crippen LogP contribution in [0.25, 0.3) is 17.1 Å². The molecule has 5 nitrogen and oxygen atoms in total. The Bertz CT molecular complexity index is 821. The number of rotatable bonds is 3. The molecule has 3 rings (SSSR count). The molecule has 0 amide bonds. The number of hydrogen-bond donors (Lipinski definition) is 0. The molecular weight excluding hydrogens is 266 g/mol. The third-order valence-electron chi connectivity index (χ3n) is 3.10. The van der Waals surface area contributed by atoms with Crippen molar-refractivity contribution in [3.05, 3.63) is 60.2 Å². The summed E-state index contributed by atoms with van der Waals surface area (Å²) in [6.07, 6.45) is 3.16. The number of methoxy groups -OCH3 is 1. The van der Waals surface area contributed by atoms with Crippen LogP contribution in [0.1, 0.15) is 10.4 Å². The average molecular weight is 279 g/mol. The van der Waals surface area contributed by atoms with E-state index in [4.69, 9.17) is 4.74 Å². The largest absolute Gasteiger partial charge is 0.496 e. The predicted octanol–water partition coefficient (Wildman–Crippen LogP) is 2.79. The highest BCUT2D eigenvalue weighted by Crippen LogP contribution is 2.19. The normalized spacial score (nSPS) is 11.1. The maximum Gasteiger partial charge on any atom is 0.272 e. The van der Waals surface area contributed by atoms with Gasteiger partial charge in [0.25, 0.3) is 5.91 Å². The lowest BCUT2D eigenvalue weighted by atomic mass is 10.2. The van der Waals surface area contributed by atoms with Gasteiger partial charge in [-0.1, -0.05) is 35.5 Å². The van der Waals surface area contributed by atoms with Gasteiger partial charge < -0.3 is 4.74 Å². The number of benzene rings is 2. The van der Waals surface area contributed by atoms with E-state index in [9.17, 15) is 4.79 Å². The van der Waals surface area contributed by atoms with Gasteiger partial charge in [0.2, 0.25) is 0 Å². The molecule has 0 radical (unpaired) electrons. The van der Waals surface area contributed by atoms with Crippen LogP contribution in [0.4, 0.5) is 0 Å². The zero-order valence-corrected chi connectivity index (χ0v) is 11.4. The fraction of sp³-hybridized carbons (Fsp3) is 0.0625. The van der Waals surface area contributed by atoms with E-state index in [1.54, 1.807) is 13.2 Å². The molecule has 1 aromatic heterocycles. The number of nitrogens with zero attached hydrogens (tertiary/aromatic N) is 3. The minimum absolute atomic E-state index is 0.255. The number of carbonyl (C=O) groups excluding carboxylic acids is 1. The molecule has 0 fully saturated rings. The van der Waals surface area contributed by atoms with E-state index < -0.39 is 0 Å². The first-order chi connectivity index (χ1) is 10.3. The lowest BCUT2D eigenvalue weighted by Gasteiger charge is -2.03. The minimum Gasteiger partial charge on any atom is -0.496 e. The van der Waals surface area contributed by atoms with Crippen molar-refractivity contribution >= 4 is 23.0 Å². The van der Waals surface area contributed by atoms with Crippen LogP contribution < -0.4 is 4.74 Å². The average Bonchev–Trinajstić information content (AvgIpc) is 2.97. The third-order valence-corrected chi connectivity index (χ3v) is 3.10. The molecule has 0 bridgehead atoms. The van der Waals surface area contributed by atoms with E-state index in [0.717, 1.165) is 5.56 Å². The highest BCUT2D eigenvalue weighted by molar-refractivity contribution is 5.98. The first-order valence-corrected chi connectivity index (χ1v) is 6.45. The van der Waals surface area contributed by atoms with E-state index in [1.807, 2.05) is 48.5 Å². The van der Waals surface area contributed by atoms with E-state index in [2.05, 4.69) is 10.3 Å². The summed E-state index contributed by atoms with van der Waals surface area (Å²) >= 11 is 0. The van der Waals surface area contributed by atoms with Gasteiger partial charge in [-0.2, -0.15) is 4.68 Å². The SMILES string of the molecule is COc1ccccc1C=CC(=O)n1nnc2ccccc21. The maximum atomic E-state index is 12.2. The molecule has 0 saturated carbocycles. The van der Waals surface area contributed by atoms with Crippen LogP contribution in [0.3, 0.4) is 0 Å². The Kier molecular flexibility index (Phi) is 3.47. The quantitative estimate of drug-likeness (QED) is 0.692. The van der Waals surface area contributed by atoms with Gasteiger partial charge in [-0.25, -0.2) is 0 Å². The molecular formula is C16H13N3O2. The summed E-state index contributed by atoms with van der Waals surface area (Å²) in [5.41, 5.74) is 2.21. The highest BCUT2D eigenvalue weighted by Gasteiger charge is 2.08. The highest BCUT2D eigenvalue weighted by atomic mass is 16.5. The van der Waals surface area contributed by atoms with Crippen LogP contribution in [0.15, 0.2) is 54.6 Å². The number of para-hydroxylation sites is 2. The van der Waals surface area contributed by atoms with E-state index >= 15 is 0 Å². The minimum atomic E-state index is -0.255. The molecule has 0 unspecified atom stereocenters. The third kappa shape index (κ3) is 2.53. The monoisotopic (exact) mass is 279 g/mol. The summed E-state index contributed by atoms with van der Waals surface area (Å²) in [6.45, 7) is 0. The fourth-order valence-electron chi connectivity index (χ4n) is 2.07. The molecule has 0 saturated heterocycles. The van der Waals surface area contributed by atoms with Crippen LogP contribution in [0.2, 0.25) is 0 Å². The van der Waals surface area contributed by atoms with Crippen molar-refractivity contribution in [1.82, 2.24) is 15.0 Å². The van der Waals surface area contributed by atoms with Crippen LogP contribution in [0, 0.1) is 0 Å². The van der Waals surface area contributed by atoms with Gasteiger partial charge in [-0.15, -0.1) is 5.10 Å². The zero-order chi connectivity index (χ0) is 14.7. The lowest BCUT2D eigenvalue weighted by Crippen LogP contribution is -2.08. The maximum absolute atomic E-state index is 12.2. The standard InChI is InChI=1S/C16H13N3O2/c1-21-15-9-5-2-6-12(15)10-11-16(20)19-14-8-4-3-7-13(14)17-18-19/h2-11H,1H3. The molecule has 0 aliphatic heterocycles. The number of carbonyl (C=O) groups is 1. The fourth-order valence-corrected chi connectivity index (χ4v) is 2.07. The van der Waals surface area contributed by atoms with Crippen molar-refractivity contribution in [3.63, 3.8) is 0 Å². The summed E-state index contributed by atoms with van der Waals surface area (Å²) in [6, 6.07) is 14.8. The number of fused-ring (bicyclic) bond motifs is 1. The van der Waals surface area contributed by atoms with Crippen LogP contribution in [0.5, 0.6) is 5.75 Å². The van der Waals surface area contributed by atoms with Crippen LogP contribution >= 0.6 is 0 Å². The molecule has 0 aliphatic rings. The van der Waals surface area contributed by atoms with E-state index in [0.29, 0.717) is 16.8 Å². The Morgan fingerprint density at radius 3 is 2.76 bits per heavy atom. The van der Waals surface area contributed by atoms with E-state index in [-0.39, 0.29) is 5.91 Å². The summed E-state index contributed by atoms with van der Waals surface area (Å²) in [4.78, 5) is 12.2. The summed E-state index contributed by atoms with van der Waals surface area (Å²) in [5.74, 6) is 0.458. The second-order valence-corrected chi connectivity index (χ2v) is 4.40. The smallest absolute Gasteiger partial charge is 0.272 e. The number of allylic oxidation sites excluding steroid dienone is 1. The molecule has 3 aromatic rings. The van der Waals surface area contributed by atoms with Gasteiger partial charge in [0.15, 0.2) is 0 Å². The number of ether oxygens (including phenoxy) is 1. The predicted molar refractivity (Wildman–Crippen MR) is 80.2 cm³/mol. The van der Waals surface area contributed by atoms with Crippen molar-refractivity contribution in [1.29, 1.82) is 0 Å². The van der Waals surface area contributed by atoms with Gasteiger partial charge in [-0.3, -0.25) is 4.79 Å². The molecule has 0 atom stereocenters. The Balaban J connectivity index is 1.91. The second kappa shape index (κ2) is 5.58.